The lowest BCUT2D eigenvalue weighted by Gasteiger charge is -2.42. The van der Waals surface area contributed by atoms with Gasteiger partial charge in [-0.3, -0.25) is 9.80 Å². The van der Waals surface area contributed by atoms with Crippen LogP contribution in [-0.4, -0.2) is 47.7 Å². The summed E-state index contributed by atoms with van der Waals surface area (Å²) in [5.41, 5.74) is 4.78. The molecule has 0 spiro atoms. The number of furan rings is 1. The smallest absolute Gasteiger partial charge is 0.134 e. The summed E-state index contributed by atoms with van der Waals surface area (Å²) in [5, 5.41) is 10.4. The molecule has 1 atom stereocenters. The molecule has 1 aromatic heterocycles. The third-order valence-corrected chi connectivity index (χ3v) is 6.93. The fraction of sp³-hybridized carbons (Fsp3) is 0.267. The Morgan fingerprint density at radius 2 is 1.24 bits per heavy atom. The van der Waals surface area contributed by atoms with E-state index in [1.54, 1.807) is 0 Å². The molecule has 4 heteroatoms. The van der Waals surface area contributed by atoms with Gasteiger partial charge in [-0.1, -0.05) is 91.0 Å². The van der Waals surface area contributed by atoms with Crippen LogP contribution >= 0.6 is 0 Å². The Labute approximate surface area is 202 Å². The highest BCUT2D eigenvalue weighted by Gasteiger charge is 2.31. The van der Waals surface area contributed by atoms with Gasteiger partial charge in [0.2, 0.25) is 0 Å². The van der Waals surface area contributed by atoms with Crippen molar-refractivity contribution in [2.75, 3.05) is 32.8 Å². The number of aryl methyl sites for hydroxylation is 1. The zero-order valence-electron chi connectivity index (χ0n) is 19.7. The summed E-state index contributed by atoms with van der Waals surface area (Å²) >= 11 is 0. The van der Waals surface area contributed by atoms with Crippen molar-refractivity contribution in [3.05, 3.63) is 120 Å². The SMILES string of the molecule is Cc1oc(-c2ccccc2)cc1C(CO)N1CCN(C(c2ccccc2)c2ccccc2)CC1. The second kappa shape index (κ2) is 10.4. The van der Waals surface area contributed by atoms with Crippen LogP contribution in [0.2, 0.25) is 0 Å². The summed E-state index contributed by atoms with van der Waals surface area (Å²) in [5.74, 6) is 1.74. The summed E-state index contributed by atoms with van der Waals surface area (Å²) in [6.07, 6.45) is 0. The first kappa shape index (κ1) is 22.6. The van der Waals surface area contributed by atoms with E-state index >= 15 is 0 Å². The van der Waals surface area contributed by atoms with Crippen molar-refractivity contribution >= 4 is 0 Å². The fourth-order valence-electron chi connectivity index (χ4n) is 5.17. The maximum atomic E-state index is 10.4. The molecule has 5 rings (SSSR count). The first-order valence-electron chi connectivity index (χ1n) is 12.1. The van der Waals surface area contributed by atoms with Crippen LogP contribution in [0.3, 0.4) is 0 Å². The van der Waals surface area contributed by atoms with Gasteiger partial charge in [-0.25, -0.2) is 0 Å². The van der Waals surface area contributed by atoms with Crippen molar-refractivity contribution in [2.45, 2.75) is 19.0 Å². The Morgan fingerprint density at radius 3 is 1.76 bits per heavy atom. The monoisotopic (exact) mass is 452 g/mol. The normalized spacial score (nSPS) is 16.1. The number of benzene rings is 3. The van der Waals surface area contributed by atoms with Crippen molar-refractivity contribution in [3.8, 4) is 11.3 Å². The van der Waals surface area contributed by atoms with Gasteiger partial charge in [-0.2, -0.15) is 0 Å². The summed E-state index contributed by atoms with van der Waals surface area (Å²) in [6, 6.07) is 34.0. The van der Waals surface area contributed by atoms with Crippen molar-refractivity contribution in [2.24, 2.45) is 0 Å². The fourth-order valence-corrected chi connectivity index (χ4v) is 5.17. The van der Waals surface area contributed by atoms with E-state index in [0.29, 0.717) is 0 Å². The Hall–Kier alpha value is -3.18. The van der Waals surface area contributed by atoms with Gasteiger partial charge in [0.05, 0.1) is 18.7 Å². The molecule has 0 amide bonds. The second-order valence-electron chi connectivity index (χ2n) is 8.98. The number of aliphatic hydroxyl groups is 1. The lowest BCUT2D eigenvalue weighted by Crippen LogP contribution is -2.49. The summed E-state index contributed by atoms with van der Waals surface area (Å²) in [6.45, 7) is 5.75. The van der Waals surface area contributed by atoms with Gasteiger partial charge in [-0.15, -0.1) is 0 Å². The quantitative estimate of drug-likeness (QED) is 0.391. The lowest BCUT2D eigenvalue weighted by molar-refractivity contribution is 0.0527. The van der Waals surface area contributed by atoms with Crippen LogP contribution in [0.15, 0.2) is 101 Å². The van der Waals surface area contributed by atoms with Gasteiger partial charge in [0.25, 0.3) is 0 Å². The second-order valence-corrected chi connectivity index (χ2v) is 8.98. The van der Waals surface area contributed by atoms with Gasteiger partial charge in [-0.05, 0) is 24.1 Å². The summed E-state index contributed by atoms with van der Waals surface area (Å²) in [4.78, 5) is 4.96. The molecular formula is C30H32N2O2. The molecule has 1 saturated heterocycles. The molecule has 1 fully saturated rings. The van der Waals surface area contributed by atoms with Crippen molar-refractivity contribution in [3.63, 3.8) is 0 Å². The molecule has 0 saturated carbocycles. The minimum absolute atomic E-state index is 0.0599. The number of rotatable bonds is 7. The van der Waals surface area contributed by atoms with Crippen LogP contribution < -0.4 is 0 Å². The lowest BCUT2D eigenvalue weighted by atomic mass is 9.96. The van der Waals surface area contributed by atoms with E-state index in [2.05, 4.69) is 88.7 Å². The van der Waals surface area contributed by atoms with Gasteiger partial charge in [0.15, 0.2) is 0 Å². The Kier molecular flexibility index (Phi) is 6.91. The minimum Gasteiger partial charge on any atom is -0.461 e. The molecular weight excluding hydrogens is 420 g/mol. The topological polar surface area (TPSA) is 39.9 Å². The molecule has 1 aliphatic heterocycles. The van der Waals surface area contributed by atoms with Crippen LogP contribution in [0.4, 0.5) is 0 Å². The molecule has 34 heavy (non-hydrogen) atoms. The average molecular weight is 453 g/mol. The molecule has 0 aliphatic carbocycles. The van der Waals surface area contributed by atoms with Gasteiger partial charge in [0, 0.05) is 37.3 Å². The highest BCUT2D eigenvalue weighted by Crippen LogP contribution is 2.34. The maximum Gasteiger partial charge on any atom is 0.134 e. The van der Waals surface area contributed by atoms with Crippen molar-refractivity contribution in [1.82, 2.24) is 9.80 Å². The standard InChI is InChI=1S/C30H32N2O2/c1-23-27(21-29(34-23)24-11-5-2-6-12-24)28(22-33)31-17-19-32(20-18-31)30(25-13-7-3-8-14-25)26-15-9-4-10-16-26/h2-16,21,28,30,33H,17-20,22H2,1H3. The zero-order chi connectivity index (χ0) is 23.3. The third kappa shape index (κ3) is 4.71. The van der Waals surface area contributed by atoms with Crippen molar-refractivity contribution in [1.29, 1.82) is 0 Å². The molecule has 0 radical (unpaired) electrons. The van der Waals surface area contributed by atoms with Gasteiger partial charge < -0.3 is 9.52 Å². The van der Waals surface area contributed by atoms with Crippen LogP contribution in [0.5, 0.6) is 0 Å². The van der Waals surface area contributed by atoms with E-state index in [1.165, 1.54) is 11.1 Å². The predicted molar refractivity (Wildman–Crippen MR) is 137 cm³/mol. The number of piperazine rings is 1. The molecule has 4 aromatic rings. The minimum atomic E-state index is -0.0599. The highest BCUT2D eigenvalue weighted by molar-refractivity contribution is 5.59. The third-order valence-electron chi connectivity index (χ3n) is 6.93. The van der Waals surface area contributed by atoms with Crippen LogP contribution in [0.1, 0.15) is 34.5 Å². The molecule has 174 valence electrons. The van der Waals surface area contributed by atoms with Gasteiger partial charge >= 0.3 is 0 Å². The van der Waals surface area contributed by atoms with Gasteiger partial charge in [0.1, 0.15) is 11.5 Å². The summed E-state index contributed by atoms with van der Waals surface area (Å²) in [7, 11) is 0. The van der Waals surface area contributed by atoms with E-state index in [0.717, 1.165) is 48.8 Å². The van der Waals surface area contributed by atoms with Crippen LogP contribution in [-0.2, 0) is 0 Å². The molecule has 1 unspecified atom stereocenters. The number of hydrogen-bond donors (Lipinski definition) is 1. The first-order chi connectivity index (χ1) is 16.7. The Bertz CT molecular complexity index is 1130. The van der Waals surface area contributed by atoms with E-state index in [4.69, 9.17) is 4.42 Å². The average Bonchev–Trinajstić information content (AvgIpc) is 3.29. The van der Waals surface area contributed by atoms with Crippen LogP contribution in [0.25, 0.3) is 11.3 Å². The Balaban J connectivity index is 1.34. The number of nitrogens with zero attached hydrogens (tertiary/aromatic N) is 2. The van der Waals surface area contributed by atoms with E-state index in [9.17, 15) is 5.11 Å². The van der Waals surface area contributed by atoms with Crippen molar-refractivity contribution < 1.29 is 9.52 Å². The molecule has 4 nitrogen and oxygen atoms in total. The number of aliphatic hydroxyl groups excluding tert-OH is 1. The first-order valence-corrected chi connectivity index (χ1v) is 12.1. The molecule has 1 N–H and O–H groups in total. The van der Waals surface area contributed by atoms with E-state index < -0.39 is 0 Å². The summed E-state index contributed by atoms with van der Waals surface area (Å²) < 4.78 is 6.10. The largest absolute Gasteiger partial charge is 0.461 e. The molecule has 0 bridgehead atoms. The molecule has 3 aromatic carbocycles. The predicted octanol–water partition coefficient (Wildman–Crippen LogP) is 5.70. The molecule has 2 heterocycles. The molecule has 1 aliphatic rings. The zero-order valence-corrected chi connectivity index (χ0v) is 19.7. The Morgan fingerprint density at radius 1 is 0.735 bits per heavy atom. The number of hydrogen-bond acceptors (Lipinski definition) is 4. The van der Waals surface area contributed by atoms with Crippen LogP contribution in [0, 0.1) is 6.92 Å². The van der Waals surface area contributed by atoms with E-state index in [1.807, 2.05) is 25.1 Å². The maximum absolute atomic E-state index is 10.4. The highest BCUT2D eigenvalue weighted by atomic mass is 16.3. The van der Waals surface area contributed by atoms with E-state index in [-0.39, 0.29) is 18.7 Å².